The van der Waals surface area contributed by atoms with Gasteiger partial charge in [0.2, 0.25) is 11.8 Å². The molecule has 2 aliphatic heterocycles. The Balaban J connectivity index is 1.48. The summed E-state index contributed by atoms with van der Waals surface area (Å²) >= 11 is 0. The van der Waals surface area contributed by atoms with Crippen molar-refractivity contribution < 1.29 is 9.59 Å². The second-order valence-corrected chi connectivity index (χ2v) is 5.72. The van der Waals surface area contributed by atoms with Crippen molar-refractivity contribution in [2.45, 2.75) is 31.7 Å². The molecule has 0 aromatic heterocycles. The number of nitrogens with zero attached hydrogens (tertiary/aromatic N) is 1. The third-order valence-corrected chi connectivity index (χ3v) is 4.21. The Morgan fingerprint density at radius 1 is 1.19 bits per heavy atom. The number of piperidine rings is 1. The van der Waals surface area contributed by atoms with Crippen LogP contribution in [-0.4, -0.2) is 42.4 Å². The predicted molar refractivity (Wildman–Crippen MR) is 81.0 cm³/mol. The fraction of sp³-hybridized carbons (Fsp3) is 0.500. The summed E-state index contributed by atoms with van der Waals surface area (Å²) in [5, 5.41) is 5.96. The first-order valence-corrected chi connectivity index (χ1v) is 7.64. The summed E-state index contributed by atoms with van der Waals surface area (Å²) in [7, 11) is 0. The molecular formula is C16H21N3O2. The van der Waals surface area contributed by atoms with Crippen LogP contribution in [0, 0.1) is 0 Å². The zero-order valence-electron chi connectivity index (χ0n) is 12.1. The first kappa shape index (κ1) is 13.9. The standard InChI is InChI=1S/C16H21N3O2/c20-15(19-8-4-1-5-9-19)11-17-16(21)14-10-12-6-2-3-7-13(12)18-14/h2-3,6-7,14,18H,1,4-5,8-11H2,(H,17,21). The van der Waals surface area contributed by atoms with E-state index in [-0.39, 0.29) is 24.4 Å². The summed E-state index contributed by atoms with van der Waals surface area (Å²) < 4.78 is 0. The molecule has 1 unspecified atom stereocenters. The topological polar surface area (TPSA) is 61.4 Å². The van der Waals surface area contributed by atoms with E-state index in [4.69, 9.17) is 0 Å². The van der Waals surface area contributed by atoms with Gasteiger partial charge in [0.1, 0.15) is 6.04 Å². The van der Waals surface area contributed by atoms with Gasteiger partial charge in [-0.05, 0) is 30.9 Å². The lowest BCUT2D eigenvalue weighted by Crippen LogP contribution is -2.46. The number of carbonyl (C=O) groups excluding carboxylic acids is 2. The first-order valence-electron chi connectivity index (χ1n) is 7.64. The maximum absolute atomic E-state index is 12.2. The minimum Gasteiger partial charge on any atom is -0.373 e. The molecule has 1 atom stereocenters. The van der Waals surface area contributed by atoms with Gasteiger partial charge >= 0.3 is 0 Å². The van der Waals surface area contributed by atoms with E-state index >= 15 is 0 Å². The van der Waals surface area contributed by atoms with E-state index < -0.39 is 0 Å². The number of rotatable bonds is 3. The molecule has 5 heteroatoms. The van der Waals surface area contributed by atoms with Crippen LogP contribution in [0.2, 0.25) is 0 Å². The van der Waals surface area contributed by atoms with E-state index in [1.165, 1.54) is 6.42 Å². The highest BCUT2D eigenvalue weighted by molar-refractivity contribution is 5.90. The highest BCUT2D eigenvalue weighted by Gasteiger charge is 2.27. The highest BCUT2D eigenvalue weighted by Crippen LogP contribution is 2.24. The largest absolute Gasteiger partial charge is 0.373 e. The number of hydrogen-bond donors (Lipinski definition) is 2. The maximum Gasteiger partial charge on any atom is 0.243 e. The van der Waals surface area contributed by atoms with Crippen molar-refractivity contribution in [3.8, 4) is 0 Å². The lowest BCUT2D eigenvalue weighted by molar-refractivity contribution is -0.133. The molecule has 1 fully saturated rings. The molecule has 112 valence electrons. The smallest absolute Gasteiger partial charge is 0.243 e. The molecule has 0 aliphatic carbocycles. The van der Waals surface area contributed by atoms with Crippen LogP contribution in [-0.2, 0) is 16.0 Å². The lowest BCUT2D eigenvalue weighted by atomic mass is 10.1. The van der Waals surface area contributed by atoms with Crippen LogP contribution in [0.1, 0.15) is 24.8 Å². The van der Waals surface area contributed by atoms with Crippen LogP contribution < -0.4 is 10.6 Å². The summed E-state index contributed by atoms with van der Waals surface area (Å²) in [4.78, 5) is 26.0. The van der Waals surface area contributed by atoms with Crippen LogP contribution >= 0.6 is 0 Å². The van der Waals surface area contributed by atoms with Gasteiger partial charge in [0, 0.05) is 25.2 Å². The second kappa shape index (κ2) is 6.16. The summed E-state index contributed by atoms with van der Waals surface area (Å²) in [6.07, 6.45) is 4.01. The Kier molecular flexibility index (Phi) is 4.08. The van der Waals surface area contributed by atoms with E-state index in [1.807, 2.05) is 29.2 Å². The van der Waals surface area contributed by atoms with Gasteiger partial charge in [-0.15, -0.1) is 0 Å². The molecule has 2 aliphatic rings. The van der Waals surface area contributed by atoms with Crippen molar-refractivity contribution in [1.82, 2.24) is 10.2 Å². The molecule has 1 aromatic carbocycles. The lowest BCUT2D eigenvalue weighted by Gasteiger charge is -2.27. The third kappa shape index (κ3) is 3.17. The number of nitrogens with one attached hydrogen (secondary N) is 2. The number of carbonyl (C=O) groups is 2. The number of benzene rings is 1. The average molecular weight is 287 g/mol. The van der Waals surface area contributed by atoms with Crippen molar-refractivity contribution in [3.05, 3.63) is 29.8 Å². The van der Waals surface area contributed by atoms with E-state index in [9.17, 15) is 9.59 Å². The minimum absolute atomic E-state index is 0.0264. The number of para-hydroxylation sites is 1. The molecule has 5 nitrogen and oxygen atoms in total. The maximum atomic E-state index is 12.2. The summed E-state index contributed by atoms with van der Waals surface area (Å²) in [5.41, 5.74) is 2.17. The van der Waals surface area contributed by atoms with Gasteiger partial charge < -0.3 is 15.5 Å². The Bertz CT molecular complexity index is 513. The van der Waals surface area contributed by atoms with E-state index in [0.29, 0.717) is 6.42 Å². The van der Waals surface area contributed by atoms with Gasteiger partial charge in [0.05, 0.1) is 6.54 Å². The number of hydrogen-bond acceptors (Lipinski definition) is 3. The molecule has 1 saturated heterocycles. The van der Waals surface area contributed by atoms with E-state index in [0.717, 1.165) is 37.2 Å². The zero-order chi connectivity index (χ0) is 14.7. The van der Waals surface area contributed by atoms with Crippen LogP contribution in [0.25, 0.3) is 0 Å². The third-order valence-electron chi connectivity index (χ3n) is 4.21. The number of amides is 2. The molecule has 21 heavy (non-hydrogen) atoms. The van der Waals surface area contributed by atoms with Crippen molar-refractivity contribution in [2.24, 2.45) is 0 Å². The van der Waals surface area contributed by atoms with Gasteiger partial charge in [-0.3, -0.25) is 9.59 Å². The van der Waals surface area contributed by atoms with Gasteiger partial charge in [0.15, 0.2) is 0 Å². The van der Waals surface area contributed by atoms with Gasteiger partial charge in [-0.2, -0.15) is 0 Å². The van der Waals surface area contributed by atoms with Crippen molar-refractivity contribution in [3.63, 3.8) is 0 Å². The highest BCUT2D eigenvalue weighted by atomic mass is 16.2. The molecule has 0 radical (unpaired) electrons. The van der Waals surface area contributed by atoms with Crippen LogP contribution in [0.5, 0.6) is 0 Å². The second-order valence-electron chi connectivity index (χ2n) is 5.72. The molecule has 3 rings (SSSR count). The normalized spacial score (nSPS) is 20.6. The van der Waals surface area contributed by atoms with E-state index in [2.05, 4.69) is 10.6 Å². The van der Waals surface area contributed by atoms with Gasteiger partial charge in [-0.25, -0.2) is 0 Å². The van der Waals surface area contributed by atoms with Crippen molar-refractivity contribution >= 4 is 17.5 Å². The van der Waals surface area contributed by atoms with E-state index in [1.54, 1.807) is 0 Å². The Morgan fingerprint density at radius 2 is 1.95 bits per heavy atom. The molecular weight excluding hydrogens is 266 g/mol. The molecule has 1 aromatic rings. The molecule has 0 saturated carbocycles. The Hall–Kier alpha value is -2.04. The quantitative estimate of drug-likeness (QED) is 0.877. The average Bonchev–Trinajstić information content (AvgIpc) is 2.97. The summed E-state index contributed by atoms with van der Waals surface area (Å²) in [6.45, 7) is 1.75. The Morgan fingerprint density at radius 3 is 2.71 bits per heavy atom. The molecule has 2 heterocycles. The minimum atomic E-state index is -0.267. The number of likely N-dealkylation sites (tertiary alicyclic amines) is 1. The molecule has 0 bridgehead atoms. The molecule has 0 spiro atoms. The predicted octanol–water partition coefficient (Wildman–Crippen LogP) is 1.15. The van der Waals surface area contributed by atoms with Crippen LogP contribution in [0.15, 0.2) is 24.3 Å². The monoisotopic (exact) mass is 287 g/mol. The summed E-state index contributed by atoms with van der Waals surface area (Å²) in [6, 6.07) is 7.65. The van der Waals surface area contributed by atoms with Crippen LogP contribution in [0.3, 0.4) is 0 Å². The fourth-order valence-electron chi connectivity index (χ4n) is 3.00. The molecule has 2 N–H and O–H groups in total. The van der Waals surface area contributed by atoms with Gasteiger partial charge in [-0.1, -0.05) is 18.2 Å². The van der Waals surface area contributed by atoms with Gasteiger partial charge in [0.25, 0.3) is 0 Å². The SMILES string of the molecule is O=C(NCC(=O)N1CCCCC1)C1Cc2ccccc2N1. The first-order chi connectivity index (χ1) is 10.2. The molecule has 2 amide bonds. The van der Waals surface area contributed by atoms with Crippen molar-refractivity contribution in [1.29, 1.82) is 0 Å². The Labute approximate surface area is 124 Å². The summed E-state index contributed by atoms with van der Waals surface area (Å²) in [5.74, 6) is -0.0740. The number of anilines is 1. The fourth-order valence-corrected chi connectivity index (χ4v) is 3.00. The van der Waals surface area contributed by atoms with Crippen molar-refractivity contribution in [2.75, 3.05) is 25.0 Å². The zero-order valence-corrected chi connectivity index (χ0v) is 12.1. The van der Waals surface area contributed by atoms with Crippen LogP contribution in [0.4, 0.5) is 5.69 Å². The number of fused-ring (bicyclic) bond motifs is 1.